The second-order valence-corrected chi connectivity index (χ2v) is 3.87. The average molecular weight is 178 g/mol. The first kappa shape index (κ1) is 9.86. The normalized spacial score (nSPS) is 11.3. The molecule has 1 aromatic rings. The summed E-state index contributed by atoms with van der Waals surface area (Å²) in [4.78, 5) is 14.3. The molecule has 0 spiro atoms. The van der Waals surface area contributed by atoms with Gasteiger partial charge < -0.3 is 5.73 Å². The zero-order valence-corrected chi connectivity index (χ0v) is 7.95. The number of carbonyl (C=O) groups is 1. The monoisotopic (exact) mass is 178 g/mol. The minimum Gasteiger partial charge on any atom is -0.325 e. The molecule has 0 fully saturated rings. The molecule has 70 valence electrons. The van der Waals surface area contributed by atoms with Gasteiger partial charge in [0.05, 0.1) is 0 Å². The van der Waals surface area contributed by atoms with E-state index in [4.69, 9.17) is 5.73 Å². The summed E-state index contributed by atoms with van der Waals surface area (Å²) in [5, 5.41) is 0. The number of pyridine rings is 1. The zero-order chi connectivity index (χ0) is 9.90. The van der Waals surface area contributed by atoms with Crippen molar-refractivity contribution in [2.45, 2.75) is 25.8 Å². The van der Waals surface area contributed by atoms with Crippen LogP contribution in [0.4, 0.5) is 0 Å². The summed E-state index contributed by atoms with van der Waals surface area (Å²) in [7, 11) is 0. The zero-order valence-electron chi connectivity index (χ0n) is 7.95. The van der Waals surface area contributed by atoms with E-state index in [1.165, 1.54) is 0 Å². The van der Waals surface area contributed by atoms with Crippen molar-refractivity contribution in [1.29, 1.82) is 0 Å². The van der Waals surface area contributed by atoms with E-state index >= 15 is 0 Å². The Hall–Kier alpha value is -1.22. The first-order valence-corrected chi connectivity index (χ1v) is 4.20. The Morgan fingerprint density at radius 3 is 2.85 bits per heavy atom. The van der Waals surface area contributed by atoms with Gasteiger partial charge in [-0.25, -0.2) is 0 Å². The van der Waals surface area contributed by atoms with Gasteiger partial charge in [-0.1, -0.05) is 0 Å². The Balaban J connectivity index is 2.84. The van der Waals surface area contributed by atoms with Crippen molar-refractivity contribution in [1.82, 2.24) is 4.98 Å². The predicted molar refractivity (Wildman–Crippen MR) is 51.6 cm³/mol. The molecule has 0 aromatic carbocycles. The molecule has 0 radical (unpaired) electrons. The quantitative estimate of drug-likeness (QED) is 0.707. The Kier molecular flexibility index (Phi) is 2.78. The molecule has 0 aliphatic carbocycles. The maximum Gasteiger partial charge on any atom is 0.168 e. The Bertz CT molecular complexity index is 302. The van der Waals surface area contributed by atoms with Crippen LogP contribution in [0.15, 0.2) is 18.3 Å². The molecule has 2 N–H and O–H groups in total. The fourth-order valence-electron chi connectivity index (χ4n) is 1.19. The first-order chi connectivity index (χ1) is 6.01. The van der Waals surface area contributed by atoms with Crippen LogP contribution in [0.3, 0.4) is 0 Å². The topological polar surface area (TPSA) is 56.0 Å². The number of nitrogens with two attached hydrogens (primary N) is 1. The van der Waals surface area contributed by atoms with Gasteiger partial charge in [-0.3, -0.25) is 9.78 Å². The van der Waals surface area contributed by atoms with Crippen LogP contribution in [0, 0.1) is 0 Å². The van der Waals surface area contributed by atoms with Gasteiger partial charge >= 0.3 is 0 Å². The molecule has 0 aliphatic heterocycles. The van der Waals surface area contributed by atoms with Crippen molar-refractivity contribution in [3.8, 4) is 0 Å². The molecule has 0 aliphatic rings. The van der Waals surface area contributed by atoms with E-state index in [2.05, 4.69) is 4.98 Å². The molecule has 0 amide bonds. The van der Waals surface area contributed by atoms with E-state index in [1.54, 1.807) is 12.3 Å². The molecule has 3 nitrogen and oxygen atoms in total. The van der Waals surface area contributed by atoms with E-state index in [0.29, 0.717) is 5.69 Å². The summed E-state index contributed by atoms with van der Waals surface area (Å²) >= 11 is 0. The van der Waals surface area contributed by atoms with Gasteiger partial charge in [0.1, 0.15) is 5.69 Å². The van der Waals surface area contributed by atoms with Crippen molar-refractivity contribution in [3.05, 3.63) is 29.6 Å². The van der Waals surface area contributed by atoms with Crippen molar-refractivity contribution in [2.24, 2.45) is 5.73 Å². The molecule has 1 heterocycles. The van der Waals surface area contributed by atoms with Crippen LogP contribution in [-0.2, 0) is 6.42 Å². The second kappa shape index (κ2) is 3.66. The Labute approximate surface area is 78.0 Å². The molecule has 0 bridgehead atoms. The van der Waals surface area contributed by atoms with Crippen molar-refractivity contribution < 1.29 is 4.79 Å². The number of aldehydes is 1. The van der Waals surface area contributed by atoms with Crippen molar-refractivity contribution in [2.75, 3.05) is 0 Å². The molecule has 3 heteroatoms. The van der Waals surface area contributed by atoms with Crippen LogP contribution in [0.5, 0.6) is 0 Å². The van der Waals surface area contributed by atoms with Crippen LogP contribution < -0.4 is 5.73 Å². The summed E-state index contributed by atoms with van der Waals surface area (Å²) in [5.41, 5.74) is 7.11. The molecular formula is C10H14N2O. The Morgan fingerprint density at radius 2 is 2.31 bits per heavy atom. The third kappa shape index (κ3) is 3.34. The standard InChI is InChI=1S/C10H14N2O/c1-10(2,11)6-8-3-4-12-9(5-8)7-13/h3-5,7H,6,11H2,1-2H3. The lowest BCUT2D eigenvalue weighted by Gasteiger charge is -2.18. The fraction of sp³-hybridized carbons (Fsp3) is 0.400. The van der Waals surface area contributed by atoms with Crippen LogP contribution in [0.2, 0.25) is 0 Å². The van der Waals surface area contributed by atoms with Gasteiger partial charge in [-0.2, -0.15) is 0 Å². The van der Waals surface area contributed by atoms with Gasteiger partial charge in [0.25, 0.3) is 0 Å². The van der Waals surface area contributed by atoms with Crippen molar-refractivity contribution >= 4 is 6.29 Å². The number of hydrogen-bond donors (Lipinski definition) is 1. The van der Waals surface area contributed by atoms with Crippen LogP contribution in [0.25, 0.3) is 0 Å². The Morgan fingerprint density at radius 1 is 1.62 bits per heavy atom. The molecule has 13 heavy (non-hydrogen) atoms. The summed E-state index contributed by atoms with van der Waals surface area (Å²) in [5.74, 6) is 0. The van der Waals surface area contributed by atoms with E-state index in [0.717, 1.165) is 18.3 Å². The van der Waals surface area contributed by atoms with Crippen LogP contribution in [0.1, 0.15) is 29.9 Å². The van der Waals surface area contributed by atoms with Crippen LogP contribution in [-0.4, -0.2) is 16.8 Å². The second-order valence-electron chi connectivity index (χ2n) is 3.87. The van der Waals surface area contributed by atoms with Gasteiger partial charge in [0.15, 0.2) is 6.29 Å². The van der Waals surface area contributed by atoms with E-state index in [-0.39, 0.29) is 5.54 Å². The SMILES string of the molecule is CC(C)(N)Cc1ccnc(C=O)c1. The molecule has 1 rings (SSSR count). The van der Waals surface area contributed by atoms with Crippen LogP contribution >= 0.6 is 0 Å². The maximum atomic E-state index is 10.4. The van der Waals surface area contributed by atoms with Crippen molar-refractivity contribution in [3.63, 3.8) is 0 Å². The third-order valence-electron chi connectivity index (χ3n) is 1.63. The van der Waals surface area contributed by atoms with Gasteiger partial charge in [0, 0.05) is 11.7 Å². The summed E-state index contributed by atoms with van der Waals surface area (Å²) < 4.78 is 0. The molecule has 0 unspecified atom stereocenters. The smallest absolute Gasteiger partial charge is 0.168 e. The van der Waals surface area contributed by atoms with E-state index in [1.807, 2.05) is 19.9 Å². The van der Waals surface area contributed by atoms with Gasteiger partial charge in [-0.15, -0.1) is 0 Å². The fourth-order valence-corrected chi connectivity index (χ4v) is 1.19. The molecule has 0 atom stereocenters. The van der Waals surface area contributed by atoms with E-state index in [9.17, 15) is 4.79 Å². The van der Waals surface area contributed by atoms with Gasteiger partial charge in [-0.05, 0) is 38.0 Å². The average Bonchev–Trinajstić information content (AvgIpc) is 2.01. The first-order valence-electron chi connectivity index (χ1n) is 4.20. The number of rotatable bonds is 3. The highest BCUT2D eigenvalue weighted by Crippen LogP contribution is 2.09. The number of hydrogen-bond acceptors (Lipinski definition) is 3. The lowest BCUT2D eigenvalue weighted by Crippen LogP contribution is -2.34. The summed E-state index contributed by atoms with van der Waals surface area (Å²) in [6.07, 6.45) is 3.12. The highest BCUT2D eigenvalue weighted by molar-refractivity contribution is 5.71. The van der Waals surface area contributed by atoms with E-state index < -0.39 is 0 Å². The maximum absolute atomic E-state index is 10.4. The highest BCUT2D eigenvalue weighted by Gasteiger charge is 2.11. The predicted octanol–water partition coefficient (Wildman–Crippen LogP) is 1.17. The third-order valence-corrected chi connectivity index (χ3v) is 1.63. The minimum absolute atomic E-state index is 0.249. The lowest BCUT2D eigenvalue weighted by molar-refractivity contribution is 0.111. The summed E-state index contributed by atoms with van der Waals surface area (Å²) in [6.45, 7) is 3.90. The highest BCUT2D eigenvalue weighted by atomic mass is 16.1. The molecule has 0 saturated carbocycles. The molecular weight excluding hydrogens is 164 g/mol. The molecule has 1 aromatic heterocycles. The number of nitrogens with zero attached hydrogens (tertiary/aromatic N) is 1. The number of carbonyl (C=O) groups excluding carboxylic acids is 1. The lowest BCUT2D eigenvalue weighted by atomic mass is 9.97. The minimum atomic E-state index is -0.249. The largest absolute Gasteiger partial charge is 0.325 e. The summed E-state index contributed by atoms with van der Waals surface area (Å²) in [6, 6.07) is 3.64. The number of aromatic nitrogens is 1. The molecule has 0 saturated heterocycles. The van der Waals surface area contributed by atoms with Gasteiger partial charge in [0.2, 0.25) is 0 Å².